The lowest BCUT2D eigenvalue weighted by Crippen LogP contribution is -2.30. The van der Waals surface area contributed by atoms with Gasteiger partial charge < -0.3 is 9.84 Å². The van der Waals surface area contributed by atoms with Crippen molar-refractivity contribution in [3.8, 4) is 0 Å². The minimum Gasteiger partial charge on any atom is -0.479 e. The average Bonchev–Trinajstić information content (AvgIpc) is 2.11. The lowest BCUT2D eigenvalue weighted by Gasteiger charge is -2.18. The van der Waals surface area contributed by atoms with Crippen molar-refractivity contribution in [1.29, 1.82) is 0 Å². The molecule has 0 aliphatic carbocycles. The monoisotopic (exact) mass is 188 g/mol. The molecule has 0 aromatic rings. The van der Waals surface area contributed by atoms with Crippen LogP contribution in [-0.4, -0.2) is 23.8 Å². The first kappa shape index (κ1) is 12.4. The number of aliphatic carboxylic acids is 1. The van der Waals surface area contributed by atoms with Gasteiger partial charge in [-0.3, -0.25) is 0 Å². The van der Waals surface area contributed by atoms with E-state index in [4.69, 9.17) is 9.84 Å². The van der Waals surface area contributed by atoms with Crippen LogP contribution < -0.4 is 0 Å². The predicted octanol–water partition coefficient (Wildman–Crippen LogP) is 2.30. The number of hydrogen-bond acceptors (Lipinski definition) is 2. The van der Waals surface area contributed by atoms with Crippen molar-refractivity contribution in [2.45, 2.75) is 46.1 Å². The van der Waals surface area contributed by atoms with Gasteiger partial charge >= 0.3 is 5.97 Å². The lowest BCUT2D eigenvalue weighted by atomic mass is 10.0. The summed E-state index contributed by atoms with van der Waals surface area (Å²) in [5.41, 5.74) is 0. The maximum Gasteiger partial charge on any atom is 0.333 e. The molecule has 2 unspecified atom stereocenters. The minimum atomic E-state index is -0.842. The Hall–Kier alpha value is -0.570. The number of hydrogen-bond donors (Lipinski definition) is 1. The van der Waals surface area contributed by atoms with Crippen LogP contribution >= 0.6 is 0 Å². The molecule has 3 heteroatoms. The molecule has 1 N–H and O–H groups in total. The molecule has 0 spiro atoms. The van der Waals surface area contributed by atoms with Crippen molar-refractivity contribution in [3.05, 3.63) is 0 Å². The first-order chi connectivity index (χ1) is 6.13. The molecule has 13 heavy (non-hydrogen) atoms. The van der Waals surface area contributed by atoms with Crippen molar-refractivity contribution in [2.75, 3.05) is 6.61 Å². The first-order valence-corrected chi connectivity index (χ1v) is 4.97. The summed E-state index contributed by atoms with van der Waals surface area (Å²) < 4.78 is 5.30. The Morgan fingerprint density at radius 2 is 2.08 bits per heavy atom. The highest BCUT2D eigenvalue weighted by molar-refractivity contribution is 5.72. The molecule has 0 aliphatic heterocycles. The number of ether oxygens (including phenoxy) is 1. The number of carboxylic acid groups (broad SMARTS) is 1. The van der Waals surface area contributed by atoms with Gasteiger partial charge in [0.05, 0.1) is 0 Å². The summed E-state index contributed by atoms with van der Waals surface area (Å²) in [6, 6.07) is 0. The standard InChI is InChI=1S/C10H20O3/c1-4-6-7-13-9(10(11)12)8(3)5-2/h8-9H,4-7H2,1-3H3,(H,11,12). The molecule has 0 aliphatic rings. The van der Waals surface area contributed by atoms with Crippen LogP contribution in [0.15, 0.2) is 0 Å². The Morgan fingerprint density at radius 3 is 2.46 bits per heavy atom. The van der Waals surface area contributed by atoms with E-state index >= 15 is 0 Å². The van der Waals surface area contributed by atoms with Crippen molar-refractivity contribution >= 4 is 5.97 Å². The smallest absolute Gasteiger partial charge is 0.333 e. The van der Waals surface area contributed by atoms with E-state index < -0.39 is 12.1 Å². The van der Waals surface area contributed by atoms with E-state index in [1.807, 2.05) is 13.8 Å². The van der Waals surface area contributed by atoms with E-state index in [1.54, 1.807) is 0 Å². The molecule has 0 saturated carbocycles. The van der Waals surface area contributed by atoms with Gasteiger partial charge in [-0.2, -0.15) is 0 Å². The van der Waals surface area contributed by atoms with Gasteiger partial charge in [-0.05, 0) is 12.3 Å². The van der Waals surface area contributed by atoms with Gasteiger partial charge in [0.1, 0.15) is 0 Å². The maximum atomic E-state index is 10.8. The zero-order valence-corrected chi connectivity index (χ0v) is 8.75. The van der Waals surface area contributed by atoms with Crippen LogP contribution in [0, 0.1) is 5.92 Å². The van der Waals surface area contributed by atoms with E-state index in [1.165, 1.54) is 0 Å². The molecule has 0 amide bonds. The molecule has 78 valence electrons. The minimum absolute atomic E-state index is 0.0920. The summed E-state index contributed by atoms with van der Waals surface area (Å²) >= 11 is 0. The van der Waals surface area contributed by atoms with Gasteiger partial charge in [-0.25, -0.2) is 4.79 Å². The van der Waals surface area contributed by atoms with Gasteiger partial charge in [-0.15, -0.1) is 0 Å². The fourth-order valence-corrected chi connectivity index (χ4v) is 1.05. The molecule has 0 saturated heterocycles. The Balaban J connectivity index is 3.88. The molecule has 0 radical (unpaired) electrons. The number of carbonyl (C=O) groups is 1. The molecular weight excluding hydrogens is 168 g/mol. The normalized spacial score (nSPS) is 15.3. The molecule has 3 nitrogen and oxygen atoms in total. The quantitative estimate of drug-likeness (QED) is 0.623. The molecule has 0 heterocycles. The van der Waals surface area contributed by atoms with Crippen LogP contribution in [0.3, 0.4) is 0 Å². The van der Waals surface area contributed by atoms with E-state index in [2.05, 4.69) is 6.92 Å². The summed E-state index contributed by atoms with van der Waals surface area (Å²) in [5, 5.41) is 8.85. The lowest BCUT2D eigenvalue weighted by molar-refractivity contribution is -0.154. The van der Waals surface area contributed by atoms with E-state index in [-0.39, 0.29) is 5.92 Å². The van der Waals surface area contributed by atoms with Gasteiger partial charge in [0.15, 0.2) is 6.10 Å². The molecular formula is C10H20O3. The van der Waals surface area contributed by atoms with Gasteiger partial charge in [0, 0.05) is 6.61 Å². The third kappa shape index (κ3) is 4.88. The third-order valence-corrected chi connectivity index (χ3v) is 2.20. The fraction of sp³-hybridized carbons (Fsp3) is 0.900. The largest absolute Gasteiger partial charge is 0.479 e. The van der Waals surface area contributed by atoms with E-state index in [0.29, 0.717) is 6.61 Å². The van der Waals surface area contributed by atoms with E-state index in [0.717, 1.165) is 19.3 Å². The van der Waals surface area contributed by atoms with Crippen molar-refractivity contribution in [1.82, 2.24) is 0 Å². The molecule has 0 rings (SSSR count). The van der Waals surface area contributed by atoms with E-state index in [9.17, 15) is 4.79 Å². The third-order valence-electron chi connectivity index (χ3n) is 2.20. The van der Waals surface area contributed by atoms with Gasteiger partial charge in [0.2, 0.25) is 0 Å². The Kier molecular flexibility index (Phi) is 6.59. The highest BCUT2D eigenvalue weighted by atomic mass is 16.5. The topological polar surface area (TPSA) is 46.5 Å². The van der Waals surface area contributed by atoms with Crippen LogP contribution in [-0.2, 0) is 9.53 Å². The number of rotatable bonds is 7. The van der Waals surface area contributed by atoms with Gasteiger partial charge in [-0.1, -0.05) is 33.6 Å². The average molecular weight is 188 g/mol. The summed E-state index contributed by atoms with van der Waals surface area (Å²) in [7, 11) is 0. The SMILES string of the molecule is CCCCOC(C(=O)O)C(C)CC. The fourth-order valence-electron chi connectivity index (χ4n) is 1.05. The summed E-state index contributed by atoms with van der Waals surface area (Å²) in [5.74, 6) is -0.750. The molecule has 0 aromatic carbocycles. The van der Waals surface area contributed by atoms with Crippen molar-refractivity contribution in [2.24, 2.45) is 5.92 Å². The molecule has 0 fully saturated rings. The second kappa shape index (κ2) is 6.89. The van der Waals surface area contributed by atoms with Gasteiger partial charge in [0.25, 0.3) is 0 Å². The number of unbranched alkanes of at least 4 members (excludes halogenated alkanes) is 1. The Bertz CT molecular complexity index is 145. The van der Waals surface area contributed by atoms with Crippen LogP contribution in [0.5, 0.6) is 0 Å². The Morgan fingerprint density at radius 1 is 1.46 bits per heavy atom. The van der Waals surface area contributed by atoms with Crippen LogP contribution in [0.25, 0.3) is 0 Å². The summed E-state index contributed by atoms with van der Waals surface area (Å²) in [6.45, 7) is 6.49. The second-order valence-corrected chi connectivity index (χ2v) is 3.37. The highest BCUT2D eigenvalue weighted by Gasteiger charge is 2.23. The predicted molar refractivity (Wildman–Crippen MR) is 51.7 cm³/mol. The number of carboxylic acids is 1. The van der Waals surface area contributed by atoms with Crippen molar-refractivity contribution in [3.63, 3.8) is 0 Å². The molecule has 0 aromatic heterocycles. The molecule has 2 atom stereocenters. The Labute approximate surface area is 80.1 Å². The van der Waals surface area contributed by atoms with Crippen LogP contribution in [0.2, 0.25) is 0 Å². The highest BCUT2D eigenvalue weighted by Crippen LogP contribution is 2.12. The van der Waals surface area contributed by atoms with Crippen LogP contribution in [0.1, 0.15) is 40.0 Å². The first-order valence-electron chi connectivity index (χ1n) is 4.97. The maximum absolute atomic E-state index is 10.8. The summed E-state index contributed by atoms with van der Waals surface area (Å²) in [6.07, 6.45) is 2.17. The zero-order chi connectivity index (χ0) is 10.3. The second-order valence-electron chi connectivity index (χ2n) is 3.37. The van der Waals surface area contributed by atoms with Crippen LogP contribution in [0.4, 0.5) is 0 Å². The summed E-state index contributed by atoms with van der Waals surface area (Å²) in [4.78, 5) is 10.8. The molecule has 0 bridgehead atoms. The zero-order valence-electron chi connectivity index (χ0n) is 8.75. The van der Waals surface area contributed by atoms with Crippen molar-refractivity contribution < 1.29 is 14.6 Å².